The van der Waals surface area contributed by atoms with Gasteiger partial charge in [0.15, 0.2) is 5.78 Å². The number of aromatic nitrogens is 1. The quantitative estimate of drug-likeness (QED) is 0.224. The van der Waals surface area contributed by atoms with Crippen molar-refractivity contribution >= 4 is 32.1 Å². The Kier molecular flexibility index (Phi) is 17.4. The summed E-state index contributed by atoms with van der Waals surface area (Å²) in [5.74, 6) is -1.30. The maximum absolute atomic E-state index is 12.9. The van der Waals surface area contributed by atoms with Gasteiger partial charge < -0.3 is 10.1 Å². The van der Waals surface area contributed by atoms with E-state index in [2.05, 4.69) is 69.2 Å². The van der Waals surface area contributed by atoms with Crippen LogP contribution < -0.4 is 10.1 Å². The molecule has 0 amide bonds. The third-order valence-corrected chi connectivity index (χ3v) is 5.65. The van der Waals surface area contributed by atoms with Gasteiger partial charge in [-0.3, -0.25) is 4.79 Å². The highest BCUT2D eigenvalue weighted by molar-refractivity contribution is 7.17. The molecular weight excluding hydrogens is 501 g/mol. The van der Waals surface area contributed by atoms with Gasteiger partial charge in [-0.2, -0.15) is 8.78 Å². The van der Waals surface area contributed by atoms with E-state index in [1.54, 1.807) is 18.3 Å². The Morgan fingerprint density at radius 3 is 2.05 bits per heavy atom. The van der Waals surface area contributed by atoms with Gasteiger partial charge >= 0.3 is 5.85 Å². The Bertz CT molecular complexity index is 998. The number of nitrogens with one attached hydrogen (secondary N) is 1. The number of hydrogen-bond acceptors (Lipinski definition) is 4. The van der Waals surface area contributed by atoms with Gasteiger partial charge in [0.05, 0.1) is 0 Å². The van der Waals surface area contributed by atoms with Crippen molar-refractivity contribution in [3.63, 3.8) is 0 Å². The minimum absolute atomic E-state index is 0.103. The van der Waals surface area contributed by atoms with E-state index in [-0.39, 0.29) is 17.5 Å². The largest absolute Gasteiger partial charge is 0.430 e. The first kappa shape index (κ1) is 35.4. The number of alkyl halides is 2. The van der Waals surface area contributed by atoms with Crippen LogP contribution in [0.15, 0.2) is 55.3 Å². The summed E-state index contributed by atoms with van der Waals surface area (Å²) < 4.78 is 30.3. The van der Waals surface area contributed by atoms with Crippen molar-refractivity contribution in [2.45, 2.75) is 86.9 Å². The molecule has 1 aromatic heterocycles. The van der Waals surface area contributed by atoms with Gasteiger partial charge in [-0.05, 0) is 82.0 Å². The summed E-state index contributed by atoms with van der Waals surface area (Å²) in [6.45, 7) is 20.0. The highest BCUT2D eigenvalue weighted by atomic mass is 31.0. The normalized spacial score (nSPS) is 11.2. The molecule has 7 heteroatoms. The number of anilines is 2. The van der Waals surface area contributed by atoms with E-state index in [0.717, 1.165) is 42.2 Å². The molecule has 0 radical (unpaired) electrons. The Morgan fingerprint density at radius 1 is 1.11 bits per heavy atom. The van der Waals surface area contributed by atoms with Crippen molar-refractivity contribution in [3.05, 3.63) is 66.4 Å². The van der Waals surface area contributed by atoms with Gasteiger partial charge in [-0.25, -0.2) is 4.98 Å². The number of pyridine rings is 1. The Morgan fingerprint density at radius 2 is 1.68 bits per heavy atom. The molecule has 1 N–H and O–H groups in total. The first-order valence-electron chi connectivity index (χ1n) is 13.4. The lowest BCUT2D eigenvalue weighted by Gasteiger charge is -2.17. The summed E-state index contributed by atoms with van der Waals surface area (Å²) in [6.07, 6.45) is 9.44. The fourth-order valence-corrected chi connectivity index (χ4v) is 3.19. The van der Waals surface area contributed by atoms with Crippen LogP contribution in [0.4, 0.5) is 20.3 Å². The zero-order valence-corrected chi connectivity index (χ0v) is 25.6. The third kappa shape index (κ3) is 14.4. The number of ketones is 1. The molecule has 0 fully saturated rings. The van der Waals surface area contributed by atoms with Crippen molar-refractivity contribution in [2.75, 3.05) is 5.32 Å². The number of allylic oxidation sites excluding steroid dienone is 3. The summed E-state index contributed by atoms with van der Waals surface area (Å²) in [7, 11) is 1.36. The van der Waals surface area contributed by atoms with Crippen LogP contribution in [0.2, 0.25) is 0 Å². The van der Waals surface area contributed by atoms with Gasteiger partial charge in [0.1, 0.15) is 11.6 Å². The first-order valence-corrected chi connectivity index (χ1v) is 14.0. The third-order valence-electron chi connectivity index (χ3n) is 5.53. The molecule has 1 atom stereocenters. The second-order valence-corrected chi connectivity index (χ2v) is 10.1. The summed E-state index contributed by atoms with van der Waals surface area (Å²) in [6, 6.07) is 8.45. The van der Waals surface area contributed by atoms with Gasteiger partial charge in [-0.15, -0.1) is 0 Å². The van der Waals surface area contributed by atoms with E-state index in [1.807, 2.05) is 19.9 Å². The molecular formula is C31H47F2N2O2P. The molecule has 0 aliphatic carbocycles. The minimum atomic E-state index is -3.28. The smallest absolute Gasteiger partial charge is 0.408 e. The average molecular weight is 549 g/mol. The van der Waals surface area contributed by atoms with E-state index < -0.39 is 5.85 Å². The number of ether oxygens (including phenoxy) is 1. The van der Waals surface area contributed by atoms with Crippen LogP contribution >= 0.6 is 9.24 Å². The fourth-order valence-electron chi connectivity index (χ4n) is 3.05. The van der Waals surface area contributed by atoms with Gasteiger partial charge in [0.25, 0.3) is 0 Å². The van der Waals surface area contributed by atoms with Crippen LogP contribution in [-0.2, 0) is 11.2 Å². The summed E-state index contributed by atoms with van der Waals surface area (Å²) in [4.78, 5) is 14.9. The molecule has 0 bridgehead atoms. The number of benzene rings is 1. The molecule has 212 valence electrons. The van der Waals surface area contributed by atoms with Crippen LogP contribution in [0.5, 0.6) is 5.75 Å². The molecule has 0 spiro atoms. The van der Waals surface area contributed by atoms with Crippen LogP contribution in [0.1, 0.15) is 85.8 Å². The summed E-state index contributed by atoms with van der Waals surface area (Å²) >= 11 is 0. The number of rotatable bonds is 11. The lowest BCUT2D eigenvalue weighted by molar-refractivity contribution is -0.117. The number of carbonyl (C=O) groups is 1. The number of nitrogens with zero attached hydrogens (tertiary/aromatic N) is 1. The Hall–Kier alpha value is -2.59. The topological polar surface area (TPSA) is 51.2 Å². The SMILES string of the molecule is C=CC(=O)C(C)C.CC/C=C(\CC)c1c(CC)ccnc1Nc1ccc(OC(F)(F)P)cc1.CCC(C)C. The standard InChI is InChI=1S/C20H25F2N2OP.C6H10O.C5H12/c1-4-7-14(5-2)18-15(6-3)12-13-23-19(18)24-16-8-10-17(11-9-16)25-20(21,22)26;1-4-6(7)5(2)3;1-4-5(2)3/h7-13H,4-6,26H2,1-3H3,(H,23,24);4-5H,1H2,2-3H3;5H,4H2,1-3H3/b14-7+;;. The van der Waals surface area contributed by atoms with Crippen LogP contribution in [-0.4, -0.2) is 16.6 Å². The van der Waals surface area contributed by atoms with Crippen molar-refractivity contribution in [2.24, 2.45) is 11.8 Å². The molecule has 2 aromatic rings. The lowest BCUT2D eigenvalue weighted by atomic mass is 9.96. The molecule has 2 rings (SSSR count). The monoisotopic (exact) mass is 548 g/mol. The zero-order chi connectivity index (χ0) is 29.3. The van der Waals surface area contributed by atoms with Crippen LogP contribution in [0.3, 0.4) is 0 Å². The van der Waals surface area contributed by atoms with Crippen molar-refractivity contribution in [3.8, 4) is 5.75 Å². The number of hydrogen-bond donors (Lipinski definition) is 1. The molecule has 0 saturated heterocycles. The van der Waals surface area contributed by atoms with Gasteiger partial charge in [-0.1, -0.05) is 74.5 Å². The van der Waals surface area contributed by atoms with E-state index in [4.69, 9.17) is 0 Å². The molecule has 0 saturated carbocycles. The van der Waals surface area contributed by atoms with E-state index in [1.165, 1.54) is 45.0 Å². The predicted molar refractivity (Wildman–Crippen MR) is 162 cm³/mol. The lowest BCUT2D eigenvalue weighted by Crippen LogP contribution is -2.14. The maximum atomic E-state index is 12.9. The first-order chi connectivity index (χ1) is 17.8. The maximum Gasteiger partial charge on any atom is 0.408 e. The molecule has 0 aliphatic rings. The van der Waals surface area contributed by atoms with Crippen LogP contribution in [0, 0.1) is 11.8 Å². The highest BCUT2D eigenvalue weighted by Gasteiger charge is 2.23. The Labute approximate surface area is 231 Å². The van der Waals surface area contributed by atoms with Gasteiger partial charge in [0.2, 0.25) is 0 Å². The number of carbonyl (C=O) groups excluding carboxylic acids is 1. The van der Waals surface area contributed by atoms with Gasteiger partial charge in [0, 0.05) is 23.4 Å². The predicted octanol–water partition coefficient (Wildman–Crippen LogP) is 9.85. The van der Waals surface area contributed by atoms with Crippen LogP contribution in [0.25, 0.3) is 5.57 Å². The molecule has 38 heavy (non-hydrogen) atoms. The molecule has 1 unspecified atom stereocenters. The second kappa shape index (κ2) is 18.6. The highest BCUT2D eigenvalue weighted by Crippen LogP contribution is 2.32. The number of halogens is 2. The second-order valence-electron chi connectivity index (χ2n) is 9.41. The molecule has 1 heterocycles. The minimum Gasteiger partial charge on any atom is -0.430 e. The molecule has 0 aliphatic heterocycles. The average Bonchev–Trinajstić information content (AvgIpc) is 2.87. The Balaban J connectivity index is 0.000000949. The van der Waals surface area contributed by atoms with E-state index in [9.17, 15) is 13.6 Å². The van der Waals surface area contributed by atoms with E-state index in [0.29, 0.717) is 0 Å². The van der Waals surface area contributed by atoms with Crippen molar-refractivity contribution in [1.82, 2.24) is 4.98 Å². The molecule has 4 nitrogen and oxygen atoms in total. The zero-order valence-electron chi connectivity index (χ0n) is 24.4. The fraction of sp³-hybridized carbons (Fsp3) is 0.484. The van der Waals surface area contributed by atoms with Crippen molar-refractivity contribution < 1.29 is 18.3 Å². The molecule has 1 aromatic carbocycles. The number of aryl methyl sites for hydroxylation is 1. The summed E-state index contributed by atoms with van der Waals surface area (Å²) in [5.41, 5.74) is 4.36. The van der Waals surface area contributed by atoms with Crippen molar-refractivity contribution in [1.29, 1.82) is 0 Å². The van der Waals surface area contributed by atoms with E-state index >= 15 is 0 Å². The summed E-state index contributed by atoms with van der Waals surface area (Å²) in [5, 5.41) is 3.31.